The van der Waals surface area contributed by atoms with Crippen LogP contribution in [0.15, 0.2) is 12.3 Å². The smallest absolute Gasteiger partial charge is 0.132 e. The summed E-state index contributed by atoms with van der Waals surface area (Å²) in [6.07, 6.45) is 7.04. The normalized spacial score (nSPS) is 17.8. The van der Waals surface area contributed by atoms with Crippen molar-refractivity contribution >= 4 is 0 Å². The second-order valence-corrected chi connectivity index (χ2v) is 2.32. The molecule has 0 atom stereocenters. The molecule has 0 N–H and O–H groups in total. The molecule has 0 saturated heterocycles. The summed E-state index contributed by atoms with van der Waals surface area (Å²) < 4.78 is 0. The van der Waals surface area contributed by atoms with Gasteiger partial charge in [0.15, 0.2) is 0 Å². The topological polar surface area (TPSA) is 25.8 Å². The molecule has 1 aliphatic rings. The molecule has 2 rings (SSSR count). The molecule has 1 aromatic rings. The fourth-order valence-electron chi connectivity index (χ4n) is 0.817. The first-order valence-electron chi connectivity index (χ1n) is 3.16. The highest BCUT2D eigenvalue weighted by atomic mass is 14.9. The van der Waals surface area contributed by atoms with E-state index < -0.39 is 0 Å². The Hall–Kier alpha value is -0.920. The van der Waals surface area contributed by atoms with Gasteiger partial charge in [0.05, 0.1) is 6.20 Å². The molecule has 0 amide bonds. The average Bonchev–Trinajstić information content (AvgIpc) is 2.71. The molecule has 0 unspecified atom stereocenters. The molecule has 0 bridgehead atoms. The molecule has 1 heterocycles. The van der Waals surface area contributed by atoms with Gasteiger partial charge in [0.1, 0.15) is 5.82 Å². The summed E-state index contributed by atoms with van der Waals surface area (Å²) in [5, 5.41) is 0. The summed E-state index contributed by atoms with van der Waals surface area (Å²) in [5.74, 6) is 1.62. The summed E-state index contributed by atoms with van der Waals surface area (Å²) in [6, 6.07) is 1.73. The maximum absolute atomic E-state index is 4.10. The Kier molecular flexibility index (Phi) is 0.979. The van der Waals surface area contributed by atoms with E-state index >= 15 is 0 Å². The monoisotopic (exact) mass is 119 g/mol. The molecule has 9 heavy (non-hydrogen) atoms. The van der Waals surface area contributed by atoms with E-state index in [1.165, 1.54) is 12.8 Å². The maximum Gasteiger partial charge on any atom is 0.132 e. The van der Waals surface area contributed by atoms with Gasteiger partial charge < -0.3 is 0 Å². The zero-order chi connectivity index (χ0) is 6.10. The zero-order valence-corrected chi connectivity index (χ0v) is 5.04. The van der Waals surface area contributed by atoms with Gasteiger partial charge in [-0.2, -0.15) is 0 Å². The lowest BCUT2D eigenvalue weighted by Crippen LogP contribution is -1.88. The van der Waals surface area contributed by atoms with Crippen LogP contribution < -0.4 is 0 Å². The molecule has 0 aromatic carbocycles. The van der Waals surface area contributed by atoms with Crippen molar-refractivity contribution in [3.05, 3.63) is 24.3 Å². The Morgan fingerprint density at radius 3 is 3.00 bits per heavy atom. The van der Waals surface area contributed by atoms with Crippen LogP contribution in [0.3, 0.4) is 0 Å². The van der Waals surface area contributed by atoms with Gasteiger partial charge >= 0.3 is 0 Å². The largest absolute Gasteiger partial charge is 0.241 e. The first kappa shape index (κ1) is 4.91. The van der Waals surface area contributed by atoms with Crippen LogP contribution in [0.4, 0.5) is 0 Å². The molecule has 1 fully saturated rings. The number of aromatic nitrogens is 2. The van der Waals surface area contributed by atoms with Crippen LogP contribution in [-0.2, 0) is 0 Å². The molecule has 45 valence electrons. The van der Waals surface area contributed by atoms with E-state index in [1.807, 2.05) is 0 Å². The van der Waals surface area contributed by atoms with Crippen LogP contribution in [0.2, 0.25) is 0 Å². The van der Waals surface area contributed by atoms with Crippen molar-refractivity contribution in [2.45, 2.75) is 18.8 Å². The molecule has 1 saturated carbocycles. The lowest BCUT2D eigenvalue weighted by atomic mass is 10.4. The van der Waals surface area contributed by atoms with Gasteiger partial charge in [0.2, 0.25) is 0 Å². The molecule has 1 aliphatic carbocycles. The van der Waals surface area contributed by atoms with Crippen molar-refractivity contribution < 1.29 is 0 Å². The Labute approximate surface area is 54.0 Å². The van der Waals surface area contributed by atoms with Gasteiger partial charge in [-0.25, -0.2) is 9.97 Å². The van der Waals surface area contributed by atoms with Crippen molar-refractivity contribution in [3.8, 4) is 0 Å². The van der Waals surface area contributed by atoms with Crippen LogP contribution in [0.25, 0.3) is 0 Å². The van der Waals surface area contributed by atoms with Gasteiger partial charge in [-0.05, 0) is 18.9 Å². The zero-order valence-electron chi connectivity index (χ0n) is 5.04. The van der Waals surface area contributed by atoms with Crippen LogP contribution >= 0.6 is 0 Å². The van der Waals surface area contributed by atoms with Crippen molar-refractivity contribution in [3.63, 3.8) is 0 Å². The summed E-state index contributed by atoms with van der Waals surface area (Å²) >= 11 is 0. The van der Waals surface area contributed by atoms with Crippen LogP contribution in [0.5, 0.6) is 0 Å². The summed E-state index contributed by atoms with van der Waals surface area (Å²) in [6.45, 7) is 0. The standard InChI is InChI=1S/C7H7N2/c1-4-8-7(9-5-1)6-2-3-6/h1,4,6H,2-3H2. The third-order valence-electron chi connectivity index (χ3n) is 1.48. The third kappa shape index (κ3) is 0.922. The highest BCUT2D eigenvalue weighted by Crippen LogP contribution is 2.37. The van der Waals surface area contributed by atoms with Crippen LogP contribution in [0, 0.1) is 6.20 Å². The van der Waals surface area contributed by atoms with Gasteiger partial charge in [-0.15, -0.1) is 0 Å². The summed E-state index contributed by atoms with van der Waals surface area (Å²) in [7, 11) is 0. The lowest BCUT2D eigenvalue weighted by Gasteiger charge is -1.89. The average molecular weight is 119 g/mol. The highest BCUT2D eigenvalue weighted by Gasteiger charge is 2.25. The Bertz CT molecular complexity index is 191. The fourth-order valence-corrected chi connectivity index (χ4v) is 0.817. The number of hydrogen-bond donors (Lipinski definition) is 0. The molecule has 2 heteroatoms. The number of hydrogen-bond acceptors (Lipinski definition) is 2. The SMILES string of the molecule is [c]1ccnc(C2CC2)n1. The maximum atomic E-state index is 4.10. The van der Waals surface area contributed by atoms with E-state index in [2.05, 4.69) is 16.2 Å². The molecule has 0 spiro atoms. The van der Waals surface area contributed by atoms with Crippen molar-refractivity contribution in [1.29, 1.82) is 0 Å². The van der Waals surface area contributed by atoms with Crippen molar-refractivity contribution in [1.82, 2.24) is 9.97 Å². The predicted molar refractivity (Wildman–Crippen MR) is 32.8 cm³/mol. The molecule has 1 aromatic heterocycles. The first-order chi connectivity index (χ1) is 4.47. The summed E-state index contributed by atoms with van der Waals surface area (Å²) in [5.41, 5.74) is 0. The molecule has 0 aliphatic heterocycles. The Morgan fingerprint density at radius 1 is 1.56 bits per heavy atom. The number of rotatable bonds is 1. The minimum atomic E-state index is 0.655. The van der Waals surface area contributed by atoms with Gasteiger partial charge in [0, 0.05) is 12.1 Å². The second kappa shape index (κ2) is 1.79. The van der Waals surface area contributed by atoms with E-state index in [0.717, 1.165) is 5.82 Å². The minimum Gasteiger partial charge on any atom is -0.241 e. The van der Waals surface area contributed by atoms with Crippen LogP contribution in [0.1, 0.15) is 24.6 Å². The highest BCUT2D eigenvalue weighted by molar-refractivity contribution is 5.03. The first-order valence-corrected chi connectivity index (χ1v) is 3.16. The van der Waals surface area contributed by atoms with E-state index in [9.17, 15) is 0 Å². The quantitative estimate of drug-likeness (QED) is 0.554. The van der Waals surface area contributed by atoms with E-state index in [4.69, 9.17) is 0 Å². The second-order valence-electron chi connectivity index (χ2n) is 2.32. The predicted octanol–water partition coefficient (Wildman–Crippen LogP) is 1.15. The molecule has 2 nitrogen and oxygen atoms in total. The van der Waals surface area contributed by atoms with Gasteiger partial charge in [-0.1, -0.05) is 0 Å². The minimum absolute atomic E-state index is 0.655. The molecule has 1 radical (unpaired) electrons. The van der Waals surface area contributed by atoms with E-state index in [0.29, 0.717) is 5.92 Å². The lowest BCUT2D eigenvalue weighted by molar-refractivity contribution is 0.923. The Balaban J connectivity index is 2.29. The van der Waals surface area contributed by atoms with Gasteiger partial charge in [-0.3, -0.25) is 0 Å². The van der Waals surface area contributed by atoms with Crippen LogP contribution in [-0.4, -0.2) is 9.97 Å². The number of nitrogens with zero attached hydrogens (tertiary/aromatic N) is 2. The fraction of sp³-hybridized carbons (Fsp3) is 0.429. The molecular weight excluding hydrogens is 112 g/mol. The van der Waals surface area contributed by atoms with E-state index in [1.54, 1.807) is 12.3 Å². The van der Waals surface area contributed by atoms with E-state index in [-0.39, 0.29) is 0 Å². The van der Waals surface area contributed by atoms with Crippen molar-refractivity contribution in [2.24, 2.45) is 0 Å². The third-order valence-corrected chi connectivity index (χ3v) is 1.48. The Morgan fingerprint density at radius 2 is 2.44 bits per heavy atom. The molecular formula is C7H7N2. The van der Waals surface area contributed by atoms with Gasteiger partial charge in [0.25, 0.3) is 0 Å². The van der Waals surface area contributed by atoms with Crippen molar-refractivity contribution in [2.75, 3.05) is 0 Å². The summed E-state index contributed by atoms with van der Waals surface area (Å²) in [4.78, 5) is 8.10.